The molecule has 2 aliphatic heterocycles. The van der Waals surface area contributed by atoms with E-state index in [2.05, 4.69) is 4.90 Å². The number of alkyl halides is 6. The average molecular weight is 567 g/mol. The molecule has 0 aliphatic carbocycles. The molecular weight excluding hydrogens is 546 g/mol. The van der Waals surface area contributed by atoms with Gasteiger partial charge in [-0.3, -0.25) is 14.6 Å². The molecule has 1 aromatic heterocycles. The van der Waals surface area contributed by atoms with E-state index in [9.17, 15) is 31.1 Å². The largest absolute Gasteiger partial charge is 0.416 e. The Kier molecular flexibility index (Phi) is 8.15. The second-order valence-electron chi connectivity index (χ2n) is 8.17. The first-order valence-electron chi connectivity index (χ1n) is 10.9. The Labute approximate surface area is 216 Å². The molecule has 4 nitrogen and oxygen atoms in total. The summed E-state index contributed by atoms with van der Waals surface area (Å²) in [6.45, 7) is 4.32. The van der Waals surface area contributed by atoms with Crippen molar-refractivity contribution in [2.45, 2.75) is 18.8 Å². The molecule has 2 fully saturated rings. The number of thiocarbonyl (C=S) groups is 1. The number of hydrogen-bond acceptors (Lipinski definition) is 6. The maximum atomic E-state index is 13.2. The predicted molar refractivity (Wildman–Crippen MR) is 132 cm³/mol. The number of rotatable bonds is 6. The molecule has 1 amide bonds. The van der Waals surface area contributed by atoms with Crippen molar-refractivity contribution >= 4 is 51.6 Å². The number of morpholine rings is 1. The van der Waals surface area contributed by atoms with Gasteiger partial charge in [0, 0.05) is 31.1 Å². The van der Waals surface area contributed by atoms with Gasteiger partial charge in [-0.1, -0.05) is 24.0 Å². The third kappa shape index (κ3) is 6.49. The normalized spacial score (nSPS) is 19.1. The highest BCUT2D eigenvalue weighted by atomic mass is 32.2. The lowest BCUT2D eigenvalue weighted by molar-refractivity contribution is -0.143. The van der Waals surface area contributed by atoms with Gasteiger partial charge in [0.05, 0.1) is 29.2 Å². The Hall–Kier alpha value is -1.93. The third-order valence-electron chi connectivity index (χ3n) is 5.65. The molecule has 0 unspecified atom stereocenters. The summed E-state index contributed by atoms with van der Waals surface area (Å²) in [5.74, 6) is -0.264. The average Bonchev–Trinajstić information content (AvgIpc) is 3.38. The standard InChI is InChI=1S/C23H20F6N2O2S3/c24-22(25,26)16-8-14(9-17(11-16)23(27,28)29)15-10-18(35-13-15)12-19-20(32)31(21(34)36-19)3-1-2-30-4-6-33-7-5-30/h8-13H,1-7H2. The first kappa shape index (κ1) is 27.1. The summed E-state index contributed by atoms with van der Waals surface area (Å²) >= 11 is 7.58. The van der Waals surface area contributed by atoms with Gasteiger partial charge in [-0.15, -0.1) is 11.3 Å². The van der Waals surface area contributed by atoms with Crippen molar-refractivity contribution in [2.75, 3.05) is 39.4 Å². The number of amides is 1. The Bertz CT molecular complexity index is 1140. The van der Waals surface area contributed by atoms with Crippen LogP contribution in [0.1, 0.15) is 22.4 Å². The van der Waals surface area contributed by atoms with E-state index in [1.807, 2.05) is 0 Å². The zero-order valence-electron chi connectivity index (χ0n) is 18.6. The lowest BCUT2D eigenvalue weighted by Gasteiger charge is -2.27. The number of carbonyl (C=O) groups is 1. The summed E-state index contributed by atoms with van der Waals surface area (Å²) in [6.07, 6.45) is -7.55. The van der Waals surface area contributed by atoms with Crippen molar-refractivity contribution in [3.8, 4) is 11.1 Å². The molecule has 13 heteroatoms. The molecule has 36 heavy (non-hydrogen) atoms. The summed E-state index contributed by atoms with van der Waals surface area (Å²) in [4.78, 5) is 17.5. The van der Waals surface area contributed by atoms with E-state index in [-0.39, 0.29) is 23.1 Å². The molecular formula is C23H20F6N2O2S3. The van der Waals surface area contributed by atoms with Crippen LogP contribution in [0.5, 0.6) is 0 Å². The Morgan fingerprint density at radius 1 is 0.944 bits per heavy atom. The van der Waals surface area contributed by atoms with Crippen molar-refractivity contribution in [2.24, 2.45) is 0 Å². The Balaban J connectivity index is 1.49. The number of halogens is 6. The van der Waals surface area contributed by atoms with Gasteiger partial charge in [-0.05, 0) is 53.3 Å². The number of thiophene rings is 1. The fourth-order valence-electron chi connectivity index (χ4n) is 3.80. The zero-order valence-corrected chi connectivity index (χ0v) is 21.1. The SMILES string of the molecule is O=C1C(=Cc2cc(-c3cc(C(F)(F)F)cc(C(F)(F)F)c3)cs2)SC(=S)N1CCCN1CCOCC1. The monoisotopic (exact) mass is 566 g/mol. The molecule has 2 aliphatic rings. The molecule has 0 bridgehead atoms. The number of ether oxygens (including phenoxy) is 1. The van der Waals surface area contributed by atoms with Gasteiger partial charge in [0.2, 0.25) is 0 Å². The number of carbonyl (C=O) groups excluding carboxylic acids is 1. The van der Waals surface area contributed by atoms with Crippen molar-refractivity contribution in [1.82, 2.24) is 9.80 Å². The van der Waals surface area contributed by atoms with Gasteiger partial charge in [0.25, 0.3) is 5.91 Å². The first-order chi connectivity index (χ1) is 16.9. The van der Waals surface area contributed by atoms with Crippen LogP contribution in [0.3, 0.4) is 0 Å². The Morgan fingerprint density at radius 2 is 1.58 bits per heavy atom. The summed E-state index contributed by atoms with van der Waals surface area (Å²) in [6, 6.07) is 2.94. The quantitative estimate of drug-likeness (QED) is 0.230. The van der Waals surface area contributed by atoms with E-state index in [0.717, 1.165) is 49.2 Å². The minimum atomic E-state index is -4.93. The fourth-order valence-corrected chi connectivity index (χ4v) is 6.02. The van der Waals surface area contributed by atoms with Gasteiger partial charge in [-0.25, -0.2) is 0 Å². The van der Waals surface area contributed by atoms with Gasteiger partial charge in [0.1, 0.15) is 4.32 Å². The van der Waals surface area contributed by atoms with Gasteiger partial charge >= 0.3 is 12.4 Å². The summed E-state index contributed by atoms with van der Waals surface area (Å²) in [5.41, 5.74) is -2.76. The molecule has 0 N–H and O–H groups in total. The second-order valence-corrected chi connectivity index (χ2v) is 10.8. The van der Waals surface area contributed by atoms with E-state index in [1.165, 1.54) is 16.3 Å². The highest BCUT2D eigenvalue weighted by molar-refractivity contribution is 8.26. The van der Waals surface area contributed by atoms with E-state index in [4.69, 9.17) is 17.0 Å². The van der Waals surface area contributed by atoms with Crippen LogP contribution in [0.15, 0.2) is 34.6 Å². The predicted octanol–water partition coefficient (Wildman–Crippen LogP) is 6.38. The fraction of sp³-hybridized carbons (Fsp3) is 0.391. The topological polar surface area (TPSA) is 32.8 Å². The van der Waals surface area contributed by atoms with Crippen LogP contribution in [0.2, 0.25) is 0 Å². The van der Waals surface area contributed by atoms with E-state index in [1.54, 1.807) is 6.08 Å². The van der Waals surface area contributed by atoms with Crippen LogP contribution in [0.4, 0.5) is 26.3 Å². The number of thioether (sulfide) groups is 1. The minimum Gasteiger partial charge on any atom is -0.379 e. The van der Waals surface area contributed by atoms with Crippen molar-refractivity contribution in [1.29, 1.82) is 0 Å². The van der Waals surface area contributed by atoms with Crippen LogP contribution in [-0.2, 0) is 21.9 Å². The van der Waals surface area contributed by atoms with Crippen LogP contribution in [0, 0.1) is 0 Å². The van der Waals surface area contributed by atoms with Gasteiger partial charge < -0.3 is 4.74 Å². The summed E-state index contributed by atoms with van der Waals surface area (Å²) in [7, 11) is 0. The number of hydrogen-bond donors (Lipinski definition) is 0. The smallest absolute Gasteiger partial charge is 0.379 e. The molecule has 1 aromatic carbocycles. The molecule has 0 spiro atoms. The number of nitrogens with zero attached hydrogens (tertiary/aromatic N) is 2. The van der Waals surface area contributed by atoms with Crippen LogP contribution in [0.25, 0.3) is 17.2 Å². The van der Waals surface area contributed by atoms with Crippen LogP contribution < -0.4 is 0 Å². The zero-order chi connectivity index (χ0) is 26.1. The minimum absolute atomic E-state index is 0.0984. The summed E-state index contributed by atoms with van der Waals surface area (Å²) in [5, 5.41) is 1.46. The maximum absolute atomic E-state index is 13.2. The molecule has 2 aromatic rings. The molecule has 0 saturated carbocycles. The van der Waals surface area contributed by atoms with Gasteiger partial charge in [0.15, 0.2) is 0 Å². The van der Waals surface area contributed by atoms with Crippen molar-refractivity contribution < 1.29 is 35.9 Å². The van der Waals surface area contributed by atoms with Crippen molar-refractivity contribution in [3.05, 3.63) is 50.6 Å². The van der Waals surface area contributed by atoms with Gasteiger partial charge in [-0.2, -0.15) is 26.3 Å². The molecule has 2 saturated heterocycles. The first-order valence-corrected chi connectivity index (χ1v) is 13.0. The van der Waals surface area contributed by atoms with Crippen LogP contribution >= 0.6 is 35.3 Å². The van der Waals surface area contributed by atoms with E-state index >= 15 is 0 Å². The Morgan fingerprint density at radius 3 is 2.19 bits per heavy atom. The lowest BCUT2D eigenvalue weighted by atomic mass is 10.0. The third-order valence-corrected chi connectivity index (χ3v) is 7.90. The molecule has 4 rings (SSSR count). The maximum Gasteiger partial charge on any atom is 0.416 e. The molecule has 3 heterocycles. The lowest BCUT2D eigenvalue weighted by Crippen LogP contribution is -2.38. The highest BCUT2D eigenvalue weighted by Crippen LogP contribution is 2.40. The van der Waals surface area contributed by atoms with Crippen molar-refractivity contribution in [3.63, 3.8) is 0 Å². The molecule has 194 valence electrons. The summed E-state index contributed by atoms with van der Waals surface area (Å²) < 4.78 is 84.9. The number of benzene rings is 1. The van der Waals surface area contributed by atoms with E-state index < -0.39 is 23.5 Å². The van der Waals surface area contributed by atoms with E-state index in [0.29, 0.717) is 46.0 Å². The second kappa shape index (κ2) is 10.8. The molecule has 0 radical (unpaired) electrons. The highest BCUT2D eigenvalue weighted by Gasteiger charge is 2.37. The molecule has 0 atom stereocenters. The van der Waals surface area contributed by atoms with Crippen LogP contribution in [-0.4, -0.2) is 59.4 Å².